The van der Waals surface area contributed by atoms with Gasteiger partial charge in [0, 0.05) is 31.2 Å². The normalized spacial score (nSPS) is 19.6. The third-order valence-electron chi connectivity index (χ3n) is 5.36. The molecule has 5 nitrogen and oxygen atoms in total. The van der Waals surface area contributed by atoms with E-state index in [4.69, 9.17) is 17.3 Å². The number of nitrogens with one attached hydrogen (secondary N) is 2. The Bertz CT molecular complexity index is 955. The molecule has 2 amide bonds. The molecule has 1 aliphatic heterocycles. The summed E-state index contributed by atoms with van der Waals surface area (Å²) < 4.78 is 0. The minimum Gasteiger partial charge on any atom is -0.360 e. The first-order valence-corrected chi connectivity index (χ1v) is 9.56. The van der Waals surface area contributed by atoms with Crippen molar-refractivity contribution in [3.05, 3.63) is 70.9 Å². The van der Waals surface area contributed by atoms with E-state index in [1.807, 2.05) is 54.7 Å². The number of halogens is 1. The van der Waals surface area contributed by atoms with Crippen LogP contribution >= 0.6 is 11.6 Å². The molecule has 0 bridgehead atoms. The number of benzene rings is 2. The van der Waals surface area contributed by atoms with Gasteiger partial charge in [-0.25, -0.2) is 4.79 Å². The maximum absolute atomic E-state index is 12.5. The second-order valence-electron chi connectivity index (χ2n) is 7.15. The van der Waals surface area contributed by atoms with Crippen molar-refractivity contribution in [1.29, 1.82) is 0 Å². The Kier molecular flexibility index (Phi) is 4.81. The van der Waals surface area contributed by atoms with Gasteiger partial charge in [0.05, 0.1) is 16.1 Å². The quantitative estimate of drug-likeness (QED) is 0.644. The summed E-state index contributed by atoms with van der Waals surface area (Å²) in [6, 6.07) is 15.8. The highest BCUT2D eigenvalue weighted by Crippen LogP contribution is 2.29. The smallest absolute Gasteiger partial charge is 0.317 e. The number of aromatic amines is 1. The largest absolute Gasteiger partial charge is 0.360 e. The summed E-state index contributed by atoms with van der Waals surface area (Å²) in [4.78, 5) is 17.6. The molecule has 0 aliphatic carbocycles. The fraction of sp³-hybridized carbons (Fsp3) is 0.286. The minimum absolute atomic E-state index is 0.0591. The average molecular weight is 383 g/mol. The first-order valence-electron chi connectivity index (χ1n) is 9.18. The van der Waals surface area contributed by atoms with Gasteiger partial charge >= 0.3 is 6.03 Å². The number of carbonyl (C=O) groups excluding carboxylic acids is 1. The lowest BCUT2D eigenvalue weighted by molar-refractivity contribution is 0.206. The van der Waals surface area contributed by atoms with E-state index in [1.54, 1.807) is 4.90 Å². The molecule has 1 unspecified atom stereocenters. The van der Waals surface area contributed by atoms with E-state index in [9.17, 15) is 4.79 Å². The summed E-state index contributed by atoms with van der Waals surface area (Å²) in [6.07, 6.45) is 3.47. The average Bonchev–Trinajstić information content (AvgIpc) is 3.28. The Hall–Kier alpha value is -2.50. The van der Waals surface area contributed by atoms with Gasteiger partial charge in [-0.3, -0.25) is 0 Å². The van der Waals surface area contributed by atoms with E-state index in [0.29, 0.717) is 24.7 Å². The number of nitrogens with two attached hydrogens (primary N) is 1. The van der Waals surface area contributed by atoms with Crippen molar-refractivity contribution in [3.8, 4) is 0 Å². The monoisotopic (exact) mass is 382 g/mol. The van der Waals surface area contributed by atoms with Crippen LogP contribution in [-0.2, 0) is 12.0 Å². The van der Waals surface area contributed by atoms with Crippen molar-refractivity contribution in [2.24, 2.45) is 5.73 Å². The van der Waals surface area contributed by atoms with E-state index in [1.165, 1.54) is 0 Å². The van der Waals surface area contributed by atoms with Gasteiger partial charge < -0.3 is 20.9 Å². The zero-order chi connectivity index (χ0) is 18.9. The van der Waals surface area contributed by atoms with Gasteiger partial charge in [0.1, 0.15) is 0 Å². The summed E-state index contributed by atoms with van der Waals surface area (Å²) in [5.74, 6) is 0. The molecule has 140 valence electrons. The fourth-order valence-corrected chi connectivity index (χ4v) is 4.04. The molecule has 1 atom stereocenters. The van der Waals surface area contributed by atoms with E-state index >= 15 is 0 Å². The lowest BCUT2D eigenvalue weighted by Gasteiger charge is -2.25. The minimum atomic E-state index is -0.466. The third kappa shape index (κ3) is 3.53. The number of hydrogen-bond donors (Lipinski definition) is 3. The third-order valence-corrected chi connectivity index (χ3v) is 5.67. The predicted octanol–water partition coefficient (Wildman–Crippen LogP) is 3.63. The van der Waals surface area contributed by atoms with E-state index in [2.05, 4.69) is 10.3 Å². The van der Waals surface area contributed by atoms with Gasteiger partial charge in [0.25, 0.3) is 0 Å². The highest BCUT2D eigenvalue weighted by atomic mass is 35.5. The maximum Gasteiger partial charge on any atom is 0.317 e. The number of amides is 2. The molecule has 4 rings (SSSR count). The predicted molar refractivity (Wildman–Crippen MR) is 109 cm³/mol. The summed E-state index contributed by atoms with van der Waals surface area (Å²) in [5, 5.41) is 4.82. The van der Waals surface area contributed by atoms with Gasteiger partial charge in [-0.1, -0.05) is 54.1 Å². The Morgan fingerprint density at radius 3 is 2.85 bits per heavy atom. The van der Waals surface area contributed by atoms with Crippen molar-refractivity contribution in [2.45, 2.75) is 18.4 Å². The van der Waals surface area contributed by atoms with Crippen LogP contribution in [0.4, 0.5) is 4.79 Å². The molecule has 2 heterocycles. The first-order chi connectivity index (χ1) is 13.1. The lowest BCUT2D eigenvalue weighted by Crippen LogP contribution is -2.44. The number of carbonyl (C=O) groups is 1. The first kappa shape index (κ1) is 17.9. The number of likely N-dealkylation sites (tertiary alicyclic amines) is 1. The molecule has 3 aromatic rings. The summed E-state index contributed by atoms with van der Waals surface area (Å²) >= 11 is 6.20. The van der Waals surface area contributed by atoms with Gasteiger partial charge in [-0.05, 0) is 30.0 Å². The molecule has 1 aromatic heterocycles. The van der Waals surface area contributed by atoms with Gasteiger partial charge in [-0.2, -0.15) is 0 Å². The number of rotatable bonds is 4. The molecular weight excluding hydrogens is 360 g/mol. The maximum atomic E-state index is 12.5. The Morgan fingerprint density at radius 1 is 1.22 bits per heavy atom. The van der Waals surface area contributed by atoms with Crippen LogP contribution in [0, 0.1) is 0 Å². The van der Waals surface area contributed by atoms with Crippen molar-refractivity contribution < 1.29 is 4.79 Å². The molecule has 1 aliphatic rings. The summed E-state index contributed by atoms with van der Waals surface area (Å²) in [5.41, 5.74) is 9.25. The second-order valence-corrected chi connectivity index (χ2v) is 7.56. The molecule has 0 radical (unpaired) electrons. The van der Waals surface area contributed by atoms with Crippen LogP contribution in [0.25, 0.3) is 10.9 Å². The van der Waals surface area contributed by atoms with Gasteiger partial charge in [0.15, 0.2) is 0 Å². The number of nitrogens with zero attached hydrogens (tertiary/aromatic N) is 1. The molecule has 0 spiro atoms. The van der Waals surface area contributed by atoms with Crippen molar-refractivity contribution >= 4 is 28.5 Å². The highest BCUT2D eigenvalue weighted by molar-refractivity contribution is 6.35. The van der Waals surface area contributed by atoms with Crippen molar-refractivity contribution in [3.63, 3.8) is 0 Å². The van der Waals surface area contributed by atoms with E-state index < -0.39 is 5.54 Å². The zero-order valence-corrected chi connectivity index (χ0v) is 15.8. The number of H-pyrrole nitrogens is 1. The Labute approximate surface area is 163 Å². The molecule has 0 saturated carbocycles. The second kappa shape index (κ2) is 7.25. The van der Waals surface area contributed by atoms with Crippen LogP contribution in [0.2, 0.25) is 5.02 Å². The topological polar surface area (TPSA) is 74.2 Å². The van der Waals surface area contributed by atoms with Crippen LogP contribution in [0.15, 0.2) is 54.7 Å². The number of urea groups is 1. The standard InChI is InChI=1S/C21H23ClN4O/c22-18-8-4-7-17-15(13-25-19(17)18)9-11-24-20(27)26-12-10-21(23,14-26)16-5-2-1-3-6-16/h1-8,13,25H,9-12,14,23H2,(H,24,27). The molecule has 1 saturated heterocycles. The van der Waals surface area contributed by atoms with E-state index in [0.717, 1.165) is 34.9 Å². The summed E-state index contributed by atoms with van der Waals surface area (Å²) in [6.45, 7) is 1.77. The van der Waals surface area contributed by atoms with Crippen LogP contribution in [0.3, 0.4) is 0 Å². The van der Waals surface area contributed by atoms with Crippen LogP contribution in [0.1, 0.15) is 17.5 Å². The fourth-order valence-electron chi connectivity index (χ4n) is 3.81. The summed E-state index contributed by atoms with van der Waals surface area (Å²) in [7, 11) is 0. The Balaban J connectivity index is 1.34. The van der Waals surface area contributed by atoms with Crippen LogP contribution < -0.4 is 11.1 Å². The molecular formula is C21H23ClN4O. The Morgan fingerprint density at radius 2 is 2.04 bits per heavy atom. The number of hydrogen-bond acceptors (Lipinski definition) is 2. The van der Waals surface area contributed by atoms with Gasteiger partial charge in [0.2, 0.25) is 0 Å². The molecule has 27 heavy (non-hydrogen) atoms. The zero-order valence-electron chi connectivity index (χ0n) is 15.0. The van der Waals surface area contributed by atoms with Crippen LogP contribution in [-0.4, -0.2) is 35.5 Å². The van der Waals surface area contributed by atoms with Crippen LogP contribution in [0.5, 0.6) is 0 Å². The van der Waals surface area contributed by atoms with Gasteiger partial charge in [-0.15, -0.1) is 0 Å². The van der Waals surface area contributed by atoms with Crippen molar-refractivity contribution in [2.75, 3.05) is 19.6 Å². The molecule has 4 N–H and O–H groups in total. The molecule has 1 fully saturated rings. The number of fused-ring (bicyclic) bond motifs is 1. The number of aromatic nitrogens is 1. The number of para-hydroxylation sites is 1. The SMILES string of the molecule is NC1(c2ccccc2)CCN(C(=O)NCCc2c[nH]c3c(Cl)cccc23)C1. The van der Waals surface area contributed by atoms with E-state index in [-0.39, 0.29) is 6.03 Å². The lowest BCUT2D eigenvalue weighted by atomic mass is 9.90. The molecule has 6 heteroatoms. The molecule has 2 aromatic carbocycles. The van der Waals surface area contributed by atoms with Crippen molar-refractivity contribution in [1.82, 2.24) is 15.2 Å². The highest BCUT2D eigenvalue weighted by Gasteiger charge is 2.37.